The quantitative estimate of drug-likeness (QED) is 0.527. The molecule has 0 aromatic heterocycles. The zero-order valence-electron chi connectivity index (χ0n) is 13.8. The SMILES string of the molecule is CCOC(CCNC(=NC)NC(C)C(C)C)C(C)C. The first-order valence-corrected chi connectivity index (χ1v) is 7.51. The molecule has 2 unspecified atom stereocenters. The molecule has 0 heterocycles. The summed E-state index contributed by atoms with van der Waals surface area (Å²) in [4.78, 5) is 4.25. The fraction of sp³-hybridized carbons (Fsp3) is 0.933. The summed E-state index contributed by atoms with van der Waals surface area (Å²) in [5.74, 6) is 2.01. The number of nitrogens with zero attached hydrogens (tertiary/aromatic N) is 1. The van der Waals surface area contributed by atoms with Gasteiger partial charge < -0.3 is 15.4 Å². The highest BCUT2D eigenvalue weighted by Crippen LogP contribution is 2.09. The number of aliphatic imine (C=N–C) groups is 1. The summed E-state index contributed by atoms with van der Waals surface area (Å²) in [6, 6.07) is 0.416. The van der Waals surface area contributed by atoms with E-state index >= 15 is 0 Å². The Morgan fingerprint density at radius 2 is 1.74 bits per heavy atom. The summed E-state index contributed by atoms with van der Waals surface area (Å²) >= 11 is 0. The summed E-state index contributed by atoms with van der Waals surface area (Å²) < 4.78 is 5.74. The molecule has 0 aliphatic carbocycles. The van der Waals surface area contributed by atoms with Crippen LogP contribution in [0.25, 0.3) is 0 Å². The van der Waals surface area contributed by atoms with E-state index in [2.05, 4.69) is 50.2 Å². The van der Waals surface area contributed by atoms with Gasteiger partial charge in [-0.25, -0.2) is 0 Å². The second-order valence-electron chi connectivity index (χ2n) is 5.70. The lowest BCUT2D eigenvalue weighted by Gasteiger charge is -2.23. The van der Waals surface area contributed by atoms with Crippen LogP contribution in [0.15, 0.2) is 4.99 Å². The van der Waals surface area contributed by atoms with Crippen LogP contribution in [0.2, 0.25) is 0 Å². The predicted octanol–water partition coefficient (Wildman–Crippen LogP) is 2.65. The molecule has 4 nitrogen and oxygen atoms in total. The lowest BCUT2D eigenvalue weighted by Crippen LogP contribution is -2.45. The normalized spacial score (nSPS) is 15.7. The van der Waals surface area contributed by atoms with E-state index in [-0.39, 0.29) is 0 Å². The van der Waals surface area contributed by atoms with E-state index in [1.54, 1.807) is 0 Å². The lowest BCUT2D eigenvalue weighted by atomic mass is 10.0. The molecule has 19 heavy (non-hydrogen) atoms. The molecule has 0 saturated heterocycles. The van der Waals surface area contributed by atoms with E-state index in [1.165, 1.54) is 0 Å². The molecule has 0 aromatic rings. The van der Waals surface area contributed by atoms with Crippen molar-refractivity contribution in [3.05, 3.63) is 0 Å². The maximum Gasteiger partial charge on any atom is 0.191 e. The number of ether oxygens (including phenoxy) is 1. The summed E-state index contributed by atoms with van der Waals surface area (Å²) in [6.07, 6.45) is 1.32. The first-order chi connectivity index (χ1) is 8.92. The highest BCUT2D eigenvalue weighted by atomic mass is 16.5. The third-order valence-corrected chi connectivity index (χ3v) is 3.43. The predicted molar refractivity (Wildman–Crippen MR) is 83.7 cm³/mol. The van der Waals surface area contributed by atoms with Crippen molar-refractivity contribution in [2.45, 2.75) is 60.1 Å². The van der Waals surface area contributed by atoms with Gasteiger partial charge in [0.25, 0.3) is 0 Å². The fourth-order valence-electron chi connectivity index (χ4n) is 1.73. The van der Waals surface area contributed by atoms with Crippen molar-refractivity contribution in [1.29, 1.82) is 0 Å². The van der Waals surface area contributed by atoms with E-state index in [4.69, 9.17) is 4.74 Å². The van der Waals surface area contributed by atoms with Crippen molar-refractivity contribution in [2.24, 2.45) is 16.8 Å². The Kier molecular flexibility index (Phi) is 9.66. The van der Waals surface area contributed by atoms with E-state index < -0.39 is 0 Å². The van der Waals surface area contributed by atoms with Crippen molar-refractivity contribution < 1.29 is 4.74 Å². The third-order valence-electron chi connectivity index (χ3n) is 3.43. The number of rotatable bonds is 8. The molecule has 0 fully saturated rings. The van der Waals surface area contributed by atoms with Gasteiger partial charge in [0.15, 0.2) is 5.96 Å². The maximum absolute atomic E-state index is 5.74. The molecule has 0 aliphatic rings. The number of nitrogens with one attached hydrogen (secondary N) is 2. The van der Waals surface area contributed by atoms with Crippen LogP contribution >= 0.6 is 0 Å². The molecule has 0 bridgehead atoms. The Morgan fingerprint density at radius 1 is 1.11 bits per heavy atom. The highest BCUT2D eigenvalue weighted by molar-refractivity contribution is 5.79. The maximum atomic E-state index is 5.74. The van der Waals surface area contributed by atoms with Gasteiger partial charge in [-0.05, 0) is 32.1 Å². The summed E-state index contributed by atoms with van der Waals surface area (Å²) in [7, 11) is 1.81. The first-order valence-electron chi connectivity index (χ1n) is 7.51. The number of guanidine groups is 1. The van der Waals surface area contributed by atoms with Crippen molar-refractivity contribution in [1.82, 2.24) is 10.6 Å². The zero-order valence-corrected chi connectivity index (χ0v) is 13.8. The highest BCUT2D eigenvalue weighted by Gasteiger charge is 2.13. The molecule has 0 radical (unpaired) electrons. The summed E-state index contributed by atoms with van der Waals surface area (Å²) in [5.41, 5.74) is 0. The van der Waals surface area contributed by atoms with Crippen LogP contribution in [0.5, 0.6) is 0 Å². The van der Waals surface area contributed by atoms with Crippen LogP contribution in [0.1, 0.15) is 48.0 Å². The van der Waals surface area contributed by atoms with Crippen molar-refractivity contribution in [2.75, 3.05) is 20.2 Å². The van der Waals surface area contributed by atoms with Crippen LogP contribution in [-0.2, 0) is 4.74 Å². The van der Waals surface area contributed by atoms with E-state index in [9.17, 15) is 0 Å². The van der Waals surface area contributed by atoms with Gasteiger partial charge in [0, 0.05) is 26.2 Å². The van der Waals surface area contributed by atoms with Gasteiger partial charge in [0.05, 0.1) is 6.10 Å². The van der Waals surface area contributed by atoms with E-state index in [0.29, 0.717) is 24.0 Å². The van der Waals surface area contributed by atoms with Crippen LogP contribution in [0, 0.1) is 11.8 Å². The molecule has 114 valence electrons. The number of hydrogen-bond acceptors (Lipinski definition) is 2. The van der Waals surface area contributed by atoms with Crippen LogP contribution < -0.4 is 10.6 Å². The first kappa shape index (κ1) is 18.2. The van der Waals surface area contributed by atoms with E-state index in [1.807, 2.05) is 14.0 Å². The summed E-state index contributed by atoms with van der Waals surface area (Å²) in [5, 5.41) is 6.76. The van der Waals surface area contributed by atoms with Crippen molar-refractivity contribution in [3.8, 4) is 0 Å². The van der Waals surface area contributed by atoms with Gasteiger partial charge >= 0.3 is 0 Å². The van der Waals surface area contributed by atoms with Gasteiger partial charge in [0.1, 0.15) is 0 Å². The minimum atomic E-state index is 0.318. The van der Waals surface area contributed by atoms with Crippen molar-refractivity contribution >= 4 is 5.96 Å². The lowest BCUT2D eigenvalue weighted by molar-refractivity contribution is 0.0258. The van der Waals surface area contributed by atoms with Crippen LogP contribution in [0.4, 0.5) is 0 Å². The Hall–Kier alpha value is -0.770. The zero-order chi connectivity index (χ0) is 14.8. The average molecular weight is 271 g/mol. The average Bonchev–Trinajstić information content (AvgIpc) is 2.35. The minimum absolute atomic E-state index is 0.318. The monoisotopic (exact) mass is 271 g/mol. The largest absolute Gasteiger partial charge is 0.378 e. The molecule has 4 heteroatoms. The second kappa shape index (κ2) is 10.1. The Balaban J connectivity index is 4.08. The molecule has 0 spiro atoms. The third kappa shape index (κ3) is 8.09. The molecular formula is C15H33N3O. The smallest absolute Gasteiger partial charge is 0.191 e. The molecular weight excluding hydrogens is 238 g/mol. The molecule has 0 aliphatic heterocycles. The van der Waals surface area contributed by atoms with Crippen LogP contribution in [0.3, 0.4) is 0 Å². The topological polar surface area (TPSA) is 45.6 Å². The summed E-state index contributed by atoms with van der Waals surface area (Å²) in [6.45, 7) is 14.7. The van der Waals surface area contributed by atoms with E-state index in [0.717, 1.165) is 25.5 Å². The molecule has 0 saturated carbocycles. The van der Waals surface area contributed by atoms with Crippen LogP contribution in [-0.4, -0.2) is 38.3 Å². The van der Waals surface area contributed by atoms with Gasteiger partial charge in [-0.3, -0.25) is 4.99 Å². The molecule has 0 rings (SSSR count). The van der Waals surface area contributed by atoms with Gasteiger partial charge in [-0.1, -0.05) is 27.7 Å². The fourth-order valence-corrected chi connectivity index (χ4v) is 1.73. The second-order valence-corrected chi connectivity index (χ2v) is 5.70. The van der Waals surface area contributed by atoms with Gasteiger partial charge in [-0.2, -0.15) is 0 Å². The Morgan fingerprint density at radius 3 is 2.16 bits per heavy atom. The minimum Gasteiger partial charge on any atom is -0.378 e. The van der Waals surface area contributed by atoms with Gasteiger partial charge in [0.2, 0.25) is 0 Å². The number of hydrogen-bond donors (Lipinski definition) is 2. The van der Waals surface area contributed by atoms with Gasteiger partial charge in [-0.15, -0.1) is 0 Å². The Labute approximate surface area is 119 Å². The standard InChI is InChI=1S/C15H33N3O/c1-8-19-14(12(4)5)9-10-17-15(16-7)18-13(6)11(2)3/h11-14H,8-10H2,1-7H3,(H2,16,17,18). The molecule has 0 aromatic carbocycles. The molecule has 0 amide bonds. The molecule has 2 N–H and O–H groups in total. The molecule has 2 atom stereocenters. The van der Waals surface area contributed by atoms with Crippen molar-refractivity contribution in [3.63, 3.8) is 0 Å². The Bertz CT molecular complexity index is 252.